The maximum absolute atomic E-state index is 13.2. The molecular weight excluding hydrogens is 1030 g/mol. The van der Waals surface area contributed by atoms with E-state index < -0.39 is 118 Å². The summed E-state index contributed by atoms with van der Waals surface area (Å²) >= 11 is -2.13. The Morgan fingerprint density at radius 2 is 1.65 bits per heavy atom. The van der Waals surface area contributed by atoms with Crippen LogP contribution in [0.5, 0.6) is 0 Å². The van der Waals surface area contributed by atoms with Crippen LogP contribution < -0.4 is 59.7 Å². The van der Waals surface area contributed by atoms with Crippen molar-refractivity contribution < 1.29 is 106 Å². The quantitative estimate of drug-likeness (QED) is 0.00881. The van der Waals surface area contributed by atoms with E-state index in [1.807, 2.05) is 19.2 Å². The number of pyridine rings is 1. The van der Waals surface area contributed by atoms with Crippen LogP contribution in [0, 0.1) is 5.92 Å². The largest absolute Gasteiger partial charge is 1.00 e. The number of hydrogen-bond acceptors (Lipinski definition) is 17. The number of rotatable bonds is 26. The molecule has 66 heavy (non-hydrogen) atoms. The summed E-state index contributed by atoms with van der Waals surface area (Å²) < 4.78 is 23.7. The molecule has 358 valence electrons. The van der Waals surface area contributed by atoms with Crippen molar-refractivity contribution in [1.29, 1.82) is 0 Å². The van der Waals surface area contributed by atoms with E-state index >= 15 is 0 Å². The number of carboxylic acid groups (broad SMARTS) is 1. The summed E-state index contributed by atoms with van der Waals surface area (Å²) in [4.78, 5) is 131. The Morgan fingerprint density at radius 3 is 2.32 bits per heavy atom. The van der Waals surface area contributed by atoms with Crippen LogP contribution in [0.1, 0.15) is 81.5 Å². The number of ether oxygens (including phenoxy) is 1. The number of hydroxylamine groups is 2. The predicted octanol–water partition coefficient (Wildman–Crippen LogP) is -3.44. The van der Waals surface area contributed by atoms with Gasteiger partial charge in [0.15, 0.2) is 0 Å². The van der Waals surface area contributed by atoms with Crippen molar-refractivity contribution in [3.8, 4) is 0 Å². The Morgan fingerprint density at radius 1 is 0.970 bits per heavy atom. The number of carbonyl (C=O) groups excluding carboxylic acids is 8. The fourth-order valence-corrected chi connectivity index (χ4v) is 12.0. The predicted molar refractivity (Wildman–Crippen MR) is 229 cm³/mol. The van der Waals surface area contributed by atoms with E-state index in [0.29, 0.717) is 37.8 Å². The van der Waals surface area contributed by atoms with Gasteiger partial charge in [-0.3, -0.25) is 38.1 Å². The van der Waals surface area contributed by atoms with Gasteiger partial charge in [0, 0.05) is 30.6 Å². The minimum atomic E-state index is -2.40. The van der Waals surface area contributed by atoms with E-state index in [-0.39, 0.29) is 103 Å². The maximum Gasteiger partial charge on any atom is 1.00 e. The number of nitrogens with one attached hydrogen (secondary N) is 4. The number of carboxylic acids is 1. The van der Waals surface area contributed by atoms with Gasteiger partial charge in [-0.2, -0.15) is 4.33 Å². The van der Waals surface area contributed by atoms with Crippen molar-refractivity contribution in [1.82, 2.24) is 36.2 Å². The second-order valence-corrected chi connectivity index (χ2v) is 33.2. The molecule has 4 unspecified atom stereocenters. The molecular formula is C39H54N7NaO16S2Sn. The number of β-lactam (4-membered cyclic amide) rings is 1. The number of carbonyl (C=O) groups is 9. The first-order valence-electron chi connectivity index (χ1n) is 21.0. The number of nitrogens with zero attached hydrogens (tertiary/aromatic N) is 3. The molecule has 0 radical (unpaired) electrons. The molecule has 7 amide bonds. The molecule has 5 atom stereocenters. The van der Waals surface area contributed by atoms with Gasteiger partial charge in [-0.15, -0.1) is 5.06 Å². The average Bonchev–Trinajstić information content (AvgIpc) is 3.52. The Hall–Kier alpha value is -3.70. The van der Waals surface area contributed by atoms with Gasteiger partial charge in [0.1, 0.15) is 34.9 Å². The molecule has 0 bridgehead atoms. The van der Waals surface area contributed by atoms with Gasteiger partial charge in [-0.25, -0.2) is 9.59 Å². The summed E-state index contributed by atoms with van der Waals surface area (Å²) in [6, 6.07) is 0.611. The van der Waals surface area contributed by atoms with E-state index in [1.165, 1.54) is 6.20 Å². The normalized spacial score (nSPS) is 19.5. The van der Waals surface area contributed by atoms with E-state index in [0.717, 1.165) is 14.9 Å². The average molecular weight is 1080 g/mol. The zero-order valence-corrected chi connectivity index (χ0v) is 43.9. The Bertz CT molecular complexity index is 2040. The van der Waals surface area contributed by atoms with E-state index in [2.05, 4.69) is 50.4 Å². The van der Waals surface area contributed by atoms with Crippen LogP contribution in [0.3, 0.4) is 0 Å². The molecule has 2 saturated heterocycles. The fraction of sp³-hybridized carbons (Fsp3) is 0.590. The first-order valence-corrected chi connectivity index (χ1v) is 33.1. The Labute approximate surface area is 413 Å². The third-order valence-electron chi connectivity index (χ3n) is 10.4. The molecule has 0 saturated carbocycles. The first kappa shape index (κ1) is 56.6. The fourth-order valence-electron chi connectivity index (χ4n) is 6.80. The van der Waals surface area contributed by atoms with Crippen LogP contribution in [-0.2, 0) is 63.3 Å². The second kappa shape index (κ2) is 27.3. The van der Waals surface area contributed by atoms with E-state index in [1.54, 1.807) is 0 Å². The third kappa shape index (κ3) is 15.9. The molecule has 2 fully saturated rings. The molecule has 0 spiro atoms. The Kier molecular flexibility index (Phi) is 23.4. The van der Waals surface area contributed by atoms with Crippen LogP contribution >= 0.6 is 12.0 Å². The molecule has 4 heterocycles. The molecule has 1 aromatic heterocycles. The molecule has 1 aromatic rings. The minimum Gasteiger partial charge on any atom is -0.691 e. The smallest absolute Gasteiger partial charge is 0.691 e. The molecule has 0 aliphatic carbocycles. The minimum absolute atomic E-state index is 0. The number of amides is 7. The molecule has 3 aliphatic rings. The van der Waals surface area contributed by atoms with Gasteiger partial charge in [0.25, 0.3) is 17.7 Å². The third-order valence-corrected chi connectivity index (χ3v) is 18.5. The number of imide groups is 1. The van der Waals surface area contributed by atoms with Crippen LogP contribution in [-0.4, -0.2) is 145 Å². The van der Waals surface area contributed by atoms with Gasteiger partial charge in [0.05, 0.1) is 23.0 Å². The molecule has 27 heteroatoms. The summed E-state index contributed by atoms with van der Waals surface area (Å²) in [5.74, 6) is -8.61. The SMILES string of the molecule is CCCCCC(C(=O)NCCCCC(=O)N[C@@H]1C(=O)N2C(C(=O)O)=C(COC(=O)NCCCCNC(=O)c3cnc[c]([Sn]([CH3])([CH3])[CH3])c3)CS(=O)C12)C(=O)ON1C(=O)CC(SOO[O-])C1=O.[Na+]. The van der Waals surface area contributed by atoms with Crippen molar-refractivity contribution in [2.45, 2.75) is 103 Å². The number of fused-ring (bicyclic) bond motifs is 1. The van der Waals surface area contributed by atoms with Crippen molar-refractivity contribution in [2.75, 3.05) is 32.0 Å². The van der Waals surface area contributed by atoms with Crippen molar-refractivity contribution in [2.24, 2.45) is 5.92 Å². The van der Waals surface area contributed by atoms with Crippen molar-refractivity contribution >= 4 is 98.3 Å². The van der Waals surface area contributed by atoms with E-state index in [4.69, 9.17) is 9.57 Å². The van der Waals surface area contributed by atoms with Gasteiger partial charge >= 0.3 is 170 Å². The van der Waals surface area contributed by atoms with Crippen LogP contribution in [0.4, 0.5) is 4.79 Å². The number of aromatic nitrogens is 1. The number of alkyl carbamates (subject to hydrolysis) is 1. The number of hydrogen-bond donors (Lipinski definition) is 5. The second-order valence-electron chi connectivity index (χ2n) is 16.3. The van der Waals surface area contributed by atoms with E-state index in [9.17, 15) is 57.7 Å². The molecule has 0 aromatic carbocycles. The van der Waals surface area contributed by atoms with Crippen LogP contribution in [0.15, 0.2) is 29.7 Å². The monoisotopic (exact) mass is 1080 g/mol. The summed E-state index contributed by atoms with van der Waals surface area (Å²) in [5.41, 5.74) is -0.0545. The molecule has 23 nitrogen and oxygen atoms in total. The van der Waals surface area contributed by atoms with Gasteiger partial charge in [-0.1, -0.05) is 26.2 Å². The van der Waals surface area contributed by atoms with Crippen molar-refractivity contribution in [3.63, 3.8) is 0 Å². The summed E-state index contributed by atoms with van der Waals surface area (Å²) in [6.07, 6.45) is 5.32. The van der Waals surface area contributed by atoms with Gasteiger partial charge < -0.3 is 25.8 Å². The molecule has 4 rings (SSSR count). The van der Waals surface area contributed by atoms with Gasteiger partial charge in [-0.05, 0) is 19.3 Å². The summed E-state index contributed by atoms with van der Waals surface area (Å²) in [7, 11) is -1.87. The van der Waals surface area contributed by atoms with Gasteiger partial charge in [0.2, 0.25) is 11.8 Å². The molecule has 5 N–H and O–H groups in total. The molecule has 3 aliphatic heterocycles. The van der Waals surface area contributed by atoms with Crippen LogP contribution in [0.25, 0.3) is 0 Å². The zero-order valence-electron chi connectivity index (χ0n) is 37.4. The maximum atomic E-state index is 13.2. The number of aliphatic carboxylic acids is 1. The topological polar surface area (TPSA) is 318 Å². The van der Waals surface area contributed by atoms with Crippen LogP contribution in [0.2, 0.25) is 14.8 Å². The zero-order chi connectivity index (χ0) is 47.8. The summed E-state index contributed by atoms with van der Waals surface area (Å²) in [5, 5.41) is 31.6. The number of unbranched alkanes of at least 4 members (excludes halogenated alkanes) is 4. The first-order chi connectivity index (χ1) is 30.9. The standard InChI is InChI=1S/C36H46N7O16S2.3CH3.Na.Sn/c1-2-3-4-11-23(35(52)57-43-26(45)17-24(31(43)48)60-59-58-54)30(47)39-14-6-5-12-25(44)41-27-32(49)42-28(34(50)51)22(20-61(55)33(27)42)19-56-36(53)40-16-8-7-15-38-29(46)21-10-9-13-37-18-21;;;;;/h10,13,18,23-24,27,33,54H,2-8,11-12,14-17,19-20H2,1H3,(H,38,46)(H,39,47)(H,40,53)(H,41,44)(H,50,51);3*1H3;;/q;;;;+1;/p-1/t23?,24?,27-,33?,61?;;;;;/m1...../s1. The Balaban J connectivity index is 0.0000116. The van der Waals surface area contributed by atoms with Crippen molar-refractivity contribution in [3.05, 3.63) is 35.3 Å². The summed E-state index contributed by atoms with van der Waals surface area (Å²) in [6.45, 7) is 1.91.